The Kier molecular flexibility index (Phi) is 11.0. The number of aromatic nitrogens is 2. The number of methoxy groups -OCH3 is 2. The third-order valence-corrected chi connectivity index (χ3v) is 10.8. The van der Waals surface area contributed by atoms with Gasteiger partial charge in [0.05, 0.1) is 26.0 Å². The number of aryl methyl sites for hydroxylation is 1. The molecule has 12 heteroatoms. The summed E-state index contributed by atoms with van der Waals surface area (Å²) in [5.41, 5.74) is 6.04. The minimum absolute atomic E-state index is 0.0280. The highest BCUT2D eigenvalue weighted by atomic mass is 79.9. The number of piperidine rings is 1. The van der Waals surface area contributed by atoms with Crippen molar-refractivity contribution in [1.29, 1.82) is 5.26 Å². The van der Waals surface area contributed by atoms with Crippen LogP contribution in [-0.2, 0) is 18.3 Å². The van der Waals surface area contributed by atoms with Gasteiger partial charge in [-0.1, -0.05) is 18.2 Å². The lowest BCUT2D eigenvalue weighted by molar-refractivity contribution is -0.129. The lowest BCUT2D eigenvalue weighted by Gasteiger charge is -2.37. The summed E-state index contributed by atoms with van der Waals surface area (Å²) in [5, 5.41) is 9.85. The number of nitrogens with zero attached hydrogens (tertiary/aromatic N) is 5. The Morgan fingerprint density at radius 2 is 1.66 bits per heavy atom. The minimum atomic E-state index is -0.337. The van der Waals surface area contributed by atoms with Crippen LogP contribution >= 0.6 is 15.9 Å². The van der Waals surface area contributed by atoms with E-state index >= 15 is 0 Å². The first kappa shape index (κ1) is 37.4. The first-order valence-electron chi connectivity index (χ1n) is 17.5. The number of benzene rings is 2. The van der Waals surface area contributed by atoms with E-state index in [9.17, 15) is 19.6 Å². The molecule has 4 heterocycles. The van der Waals surface area contributed by atoms with Gasteiger partial charge in [0.15, 0.2) is 0 Å². The molecule has 11 nitrogen and oxygen atoms in total. The van der Waals surface area contributed by atoms with Crippen LogP contribution in [-0.4, -0.2) is 71.1 Å². The SMILES string of the molecule is COc1cc(-c2cn(C)c(=O)c(C)c2C)cc(OC)c1C(=O)N1CCC(Oc2cccc3c2CCN(C(=O)/C(C#N)=C/c2cccc(Br)n2)C3C)CC1. The third kappa shape index (κ3) is 7.44. The van der Waals surface area contributed by atoms with E-state index in [0.717, 1.165) is 33.6 Å². The fourth-order valence-corrected chi connectivity index (χ4v) is 7.59. The van der Waals surface area contributed by atoms with Crippen LogP contribution in [0.15, 0.2) is 69.7 Å². The van der Waals surface area contributed by atoms with Crippen LogP contribution in [0.4, 0.5) is 0 Å². The summed E-state index contributed by atoms with van der Waals surface area (Å²) in [5.74, 6) is 1.05. The van der Waals surface area contributed by atoms with Gasteiger partial charge in [0, 0.05) is 62.4 Å². The number of carbonyl (C=O) groups excluding carboxylic acids is 2. The molecule has 0 N–H and O–H groups in total. The van der Waals surface area contributed by atoms with Gasteiger partial charge in [0.2, 0.25) is 0 Å². The number of halogens is 1. The van der Waals surface area contributed by atoms with Gasteiger partial charge in [-0.15, -0.1) is 0 Å². The highest BCUT2D eigenvalue weighted by molar-refractivity contribution is 9.10. The Hall–Kier alpha value is -5.41. The number of pyridine rings is 2. The Balaban J connectivity index is 1.15. The van der Waals surface area contributed by atoms with E-state index in [1.165, 1.54) is 20.3 Å². The summed E-state index contributed by atoms with van der Waals surface area (Å²) in [6, 6.07) is 16.7. The van der Waals surface area contributed by atoms with E-state index in [-0.39, 0.29) is 35.1 Å². The molecule has 2 aliphatic rings. The van der Waals surface area contributed by atoms with E-state index in [1.54, 1.807) is 52.7 Å². The molecular weight excluding hydrogens is 738 g/mol. The molecule has 2 aliphatic heterocycles. The van der Waals surface area contributed by atoms with Crippen molar-refractivity contribution in [1.82, 2.24) is 19.4 Å². The van der Waals surface area contributed by atoms with Crippen molar-refractivity contribution in [2.75, 3.05) is 33.9 Å². The van der Waals surface area contributed by atoms with Crippen LogP contribution in [0.3, 0.4) is 0 Å². The molecule has 53 heavy (non-hydrogen) atoms. The van der Waals surface area contributed by atoms with Crippen LogP contribution in [0.2, 0.25) is 0 Å². The number of likely N-dealkylation sites (tertiary alicyclic amines) is 1. The number of carbonyl (C=O) groups is 2. The van der Waals surface area contributed by atoms with Crippen LogP contribution in [0.1, 0.15) is 64.1 Å². The Morgan fingerprint density at radius 1 is 0.981 bits per heavy atom. The van der Waals surface area contributed by atoms with Crippen LogP contribution in [0, 0.1) is 25.2 Å². The largest absolute Gasteiger partial charge is 0.496 e. The van der Waals surface area contributed by atoms with Gasteiger partial charge >= 0.3 is 0 Å². The second-order valence-corrected chi connectivity index (χ2v) is 14.2. The summed E-state index contributed by atoms with van der Waals surface area (Å²) in [6.45, 7) is 7.10. The van der Waals surface area contributed by atoms with Gasteiger partial charge < -0.3 is 28.6 Å². The Morgan fingerprint density at radius 3 is 2.30 bits per heavy atom. The van der Waals surface area contributed by atoms with E-state index in [1.807, 2.05) is 44.2 Å². The summed E-state index contributed by atoms with van der Waals surface area (Å²) in [6.07, 6.45) is 5.06. The number of hydrogen-bond donors (Lipinski definition) is 0. The zero-order valence-electron chi connectivity index (χ0n) is 30.7. The normalized spacial score (nSPS) is 16.1. The van der Waals surface area contributed by atoms with Crippen molar-refractivity contribution in [3.8, 4) is 34.4 Å². The molecule has 1 fully saturated rings. The number of ether oxygens (including phenoxy) is 3. The predicted molar refractivity (Wildman–Crippen MR) is 205 cm³/mol. The van der Waals surface area contributed by atoms with Crippen molar-refractivity contribution in [3.05, 3.63) is 109 Å². The topological polar surface area (TPSA) is 127 Å². The van der Waals surface area contributed by atoms with Crippen LogP contribution in [0.5, 0.6) is 17.2 Å². The maximum absolute atomic E-state index is 14.0. The molecular formula is C41H42BrN5O6. The predicted octanol–water partition coefficient (Wildman–Crippen LogP) is 6.58. The maximum atomic E-state index is 14.0. The van der Waals surface area contributed by atoms with Gasteiger partial charge in [0.1, 0.15) is 45.2 Å². The quantitative estimate of drug-likeness (QED) is 0.112. The molecule has 2 aromatic carbocycles. The Labute approximate surface area is 317 Å². The van der Waals surface area contributed by atoms with E-state index < -0.39 is 0 Å². The van der Waals surface area contributed by atoms with Gasteiger partial charge in [-0.2, -0.15) is 5.26 Å². The maximum Gasteiger partial charge on any atom is 0.265 e. The first-order valence-corrected chi connectivity index (χ1v) is 18.3. The minimum Gasteiger partial charge on any atom is -0.496 e. The monoisotopic (exact) mass is 779 g/mol. The second kappa shape index (κ2) is 15.7. The molecule has 4 aromatic rings. The number of fused-ring (bicyclic) bond motifs is 1. The molecule has 0 spiro atoms. The highest BCUT2D eigenvalue weighted by Gasteiger charge is 2.33. The average Bonchev–Trinajstić information content (AvgIpc) is 3.17. The van der Waals surface area contributed by atoms with Crippen molar-refractivity contribution in [2.45, 2.75) is 52.2 Å². The molecule has 274 valence electrons. The zero-order chi connectivity index (χ0) is 38.0. The first-order chi connectivity index (χ1) is 25.4. The number of rotatable bonds is 8. The van der Waals surface area contributed by atoms with Gasteiger partial charge in [-0.25, -0.2) is 4.98 Å². The highest BCUT2D eigenvalue weighted by Crippen LogP contribution is 2.39. The molecule has 6 rings (SSSR count). The summed E-state index contributed by atoms with van der Waals surface area (Å²) < 4.78 is 20.3. The number of nitriles is 1. The Bertz CT molecular complexity index is 2190. The molecule has 1 atom stereocenters. The van der Waals surface area contributed by atoms with Crippen molar-refractivity contribution < 1.29 is 23.8 Å². The zero-order valence-corrected chi connectivity index (χ0v) is 32.3. The molecule has 2 amide bonds. The fraction of sp³-hybridized carbons (Fsp3) is 0.341. The summed E-state index contributed by atoms with van der Waals surface area (Å²) >= 11 is 3.34. The van der Waals surface area contributed by atoms with Crippen molar-refractivity contribution >= 4 is 33.8 Å². The smallest absolute Gasteiger partial charge is 0.265 e. The van der Waals surface area contributed by atoms with Crippen molar-refractivity contribution in [2.24, 2.45) is 7.05 Å². The lowest BCUT2D eigenvalue weighted by atomic mass is 9.92. The van der Waals surface area contributed by atoms with Gasteiger partial charge in [-0.05, 0) is 96.2 Å². The molecule has 0 bridgehead atoms. The van der Waals surface area contributed by atoms with Crippen LogP contribution < -0.4 is 19.8 Å². The molecule has 0 radical (unpaired) electrons. The average molecular weight is 781 g/mol. The van der Waals surface area contributed by atoms with Gasteiger partial charge in [0.25, 0.3) is 17.4 Å². The summed E-state index contributed by atoms with van der Waals surface area (Å²) in [4.78, 5) is 47.9. The third-order valence-electron chi connectivity index (χ3n) is 10.3. The summed E-state index contributed by atoms with van der Waals surface area (Å²) in [7, 11) is 4.79. The molecule has 0 saturated carbocycles. The number of amides is 2. The molecule has 2 aromatic heterocycles. The lowest BCUT2D eigenvalue weighted by Crippen LogP contribution is -2.42. The molecule has 1 unspecified atom stereocenters. The fourth-order valence-electron chi connectivity index (χ4n) is 7.23. The second-order valence-electron chi connectivity index (χ2n) is 13.4. The van der Waals surface area contributed by atoms with E-state index in [2.05, 4.69) is 27.0 Å². The van der Waals surface area contributed by atoms with Crippen LogP contribution in [0.25, 0.3) is 17.2 Å². The molecule has 1 saturated heterocycles. The van der Waals surface area contributed by atoms with Gasteiger partial charge in [-0.3, -0.25) is 14.4 Å². The molecule has 0 aliphatic carbocycles. The standard InChI is InChI=1S/C41H42BrN5O6/c1-24-25(2)39(48)45(4)23-33(24)27-20-35(51-5)38(36(21-27)52-6)41(50)46-16-13-30(14-17-46)53-34-11-8-10-31-26(3)47(18-15-32(31)34)40(49)28(22-43)19-29-9-7-12-37(42)44-29/h7-12,19-21,23,26,30H,13-18H2,1-6H3/b28-19+. The van der Waals surface area contributed by atoms with Crippen molar-refractivity contribution in [3.63, 3.8) is 0 Å². The van der Waals surface area contributed by atoms with E-state index in [0.29, 0.717) is 71.8 Å². The number of hydrogen-bond acceptors (Lipinski definition) is 8. The van der Waals surface area contributed by atoms with E-state index in [4.69, 9.17) is 14.2 Å².